The van der Waals surface area contributed by atoms with Crippen molar-refractivity contribution in [3.8, 4) is 11.8 Å². The molecule has 1 atom stereocenters. The average Bonchev–Trinajstić information content (AvgIpc) is 2.47. The van der Waals surface area contributed by atoms with Crippen LogP contribution in [0.15, 0.2) is 48.5 Å². The van der Waals surface area contributed by atoms with Crippen LogP contribution in [0.25, 0.3) is 0 Å². The summed E-state index contributed by atoms with van der Waals surface area (Å²) in [6, 6.07) is 16.6. The molecule has 2 aromatic rings. The second kappa shape index (κ2) is 4.97. The number of hydrogen-bond acceptors (Lipinski definition) is 2. The van der Waals surface area contributed by atoms with E-state index in [4.69, 9.17) is 4.74 Å². The summed E-state index contributed by atoms with van der Waals surface area (Å²) in [5.41, 5.74) is 1.24. The molecule has 0 aromatic heterocycles. The average molecular weight is 267 g/mol. The highest BCUT2D eigenvalue weighted by Crippen LogP contribution is 2.36. The number of nitrogens with zero attached hydrogens (tertiary/aromatic N) is 1. The Bertz CT molecular complexity index is 677. The third-order valence-electron chi connectivity index (χ3n) is 3.67. The van der Waals surface area contributed by atoms with Gasteiger partial charge in [-0.25, -0.2) is 4.39 Å². The summed E-state index contributed by atoms with van der Waals surface area (Å²) in [6.45, 7) is 0.344. The summed E-state index contributed by atoms with van der Waals surface area (Å²) in [5.74, 6) is 0.574. The van der Waals surface area contributed by atoms with E-state index >= 15 is 0 Å². The summed E-state index contributed by atoms with van der Waals surface area (Å²) in [4.78, 5) is 0. The van der Waals surface area contributed by atoms with Crippen molar-refractivity contribution in [2.75, 3.05) is 6.61 Å². The van der Waals surface area contributed by atoms with Gasteiger partial charge in [0, 0.05) is 0 Å². The lowest BCUT2D eigenvalue weighted by Gasteiger charge is -2.32. The molecule has 0 saturated carbocycles. The van der Waals surface area contributed by atoms with Crippen molar-refractivity contribution in [1.29, 1.82) is 5.26 Å². The van der Waals surface area contributed by atoms with E-state index in [1.165, 1.54) is 12.1 Å². The van der Waals surface area contributed by atoms with Crippen molar-refractivity contribution in [2.45, 2.75) is 12.8 Å². The number of fused-ring (bicyclic) bond motifs is 1. The Morgan fingerprint density at radius 1 is 1.20 bits per heavy atom. The first kappa shape index (κ1) is 12.7. The Labute approximate surface area is 117 Å². The summed E-state index contributed by atoms with van der Waals surface area (Å²) in [6.07, 6.45) is 1.13. The molecule has 0 bridgehead atoms. The van der Waals surface area contributed by atoms with Crippen LogP contribution < -0.4 is 4.74 Å². The third kappa shape index (κ3) is 2.37. The van der Waals surface area contributed by atoms with Gasteiger partial charge in [0.2, 0.25) is 0 Å². The molecule has 0 saturated heterocycles. The largest absolute Gasteiger partial charge is 0.492 e. The zero-order valence-corrected chi connectivity index (χ0v) is 11.0. The lowest BCUT2D eigenvalue weighted by molar-refractivity contribution is 0.169. The van der Waals surface area contributed by atoms with E-state index in [2.05, 4.69) is 6.07 Å². The van der Waals surface area contributed by atoms with Gasteiger partial charge >= 0.3 is 0 Å². The maximum atomic E-state index is 13.3. The van der Waals surface area contributed by atoms with E-state index in [-0.39, 0.29) is 5.82 Å². The topological polar surface area (TPSA) is 33.0 Å². The second-order valence-electron chi connectivity index (χ2n) is 5.27. The number of hydrogen-bond donors (Lipinski definition) is 0. The SMILES string of the molecule is N#CC1(Cc2cccc(F)c2)COc2ccccc2C1. The third-order valence-corrected chi connectivity index (χ3v) is 3.67. The van der Waals surface area contributed by atoms with Crippen molar-refractivity contribution >= 4 is 0 Å². The van der Waals surface area contributed by atoms with E-state index in [9.17, 15) is 9.65 Å². The van der Waals surface area contributed by atoms with Crippen LogP contribution >= 0.6 is 0 Å². The highest BCUT2D eigenvalue weighted by Gasteiger charge is 2.36. The van der Waals surface area contributed by atoms with E-state index in [1.54, 1.807) is 6.07 Å². The lowest BCUT2D eigenvalue weighted by atomic mass is 9.77. The van der Waals surface area contributed by atoms with Crippen LogP contribution in [-0.4, -0.2) is 6.61 Å². The van der Waals surface area contributed by atoms with Gasteiger partial charge in [0.05, 0.1) is 11.5 Å². The molecule has 0 aliphatic carbocycles. The number of nitriles is 1. The smallest absolute Gasteiger partial charge is 0.123 e. The molecule has 1 unspecified atom stereocenters. The molecular weight excluding hydrogens is 253 g/mol. The molecule has 2 aromatic carbocycles. The molecule has 3 rings (SSSR count). The van der Waals surface area contributed by atoms with Gasteiger partial charge in [-0.05, 0) is 42.2 Å². The summed E-state index contributed by atoms with van der Waals surface area (Å²) >= 11 is 0. The molecular formula is C17H14FNO. The minimum Gasteiger partial charge on any atom is -0.492 e. The molecule has 0 amide bonds. The van der Waals surface area contributed by atoms with Crippen molar-refractivity contribution in [3.05, 3.63) is 65.5 Å². The van der Waals surface area contributed by atoms with Crippen molar-refractivity contribution in [1.82, 2.24) is 0 Å². The first-order chi connectivity index (χ1) is 9.71. The number of para-hydroxylation sites is 1. The van der Waals surface area contributed by atoms with E-state index in [0.717, 1.165) is 16.9 Å². The molecule has 3 heteroatoms. The zero-order valence-electron chi connectivity index (χ0n) is 11.0. The lowest BCUT2D eigenvalue weighted by Crippen LogP contribution is -2.35. The summed E-state index contributed by atoms with van der Waals surface area (Å²) in [5, 5.41) is 9.57. The van der Waals surface area contributed by atoms with Gasteiger partial charge in [0.1, 0.15) is 18.2 Å². The Morgan fingerprint density at radius 2 is 2.05 bits per heavy atom. The van der Waals surface area contributed by atoms with Gasteiger partial charge in [-0.3, -0.25) is 0 Å². The number of halogens is 1. The van der Waals surface area contributed by atoms with Crippen LogP contribution in [0.5, 0.6) is 5.75 Å². The number of ether oxygens (including phenoxy) is 1. The fourth-order valence-corrected chi connectivity index (χ4v) is 2.68. The molecule has 0 spiro atoms. The van der Waals surface area contributed by atoms with Crippen LogP contribution in [0.2, 0.25) is 0 Å². The second-order valence-corrected chi connectivity index (χ2v) is 5.27. The normalized spacial score (nSPS) is 20.6. The molecule has 0 N–H and O–H groups in total. The molecule has 20 heavy (non-hydrogen) atoms. The molecule has 100 valence electrons. The monoisotopic (exact) mass is 267 g/mol. The maximum absolute atomic E-state index is 13.3. The maximum Gasteiger partial charge on any atom is 0.123 e. The van der Waals surface area contributed by atoms with Gasteiger partial charge in [0.15, 0.2) is 0 Å². The Hall–Kier alpha value is -2.34. The molecule has 0 fully saturated rings. The van der Waals surface area contributed by atoms with E-state index in [0.29, 0.717) is 19.4 Å². The predicted octanol–water partition coefficient (Wildman–Crippen LogP) is 3.51. The van der Waals surface area contributed by atoms with Gasteiger partial charge in [-0.15, -0.1) is 0 Å². The Balaban J connectivity index is 1.89. The predicted molar refractivity (Wildman–Crippen MR) is 73.8 cm³/mol. The minimum absolute atomic E-state index is 0.271. The summed E-state index contributed by atoms with van der Waals surface area (Å²) in [7, 11) is 0. The van der Waals surface area contributed by atoms with Crippen LogP contribution in [0.4, 0.5) is 4.39 Å². The summed E-state index contributed by atoms with van der Waals surface area (Å²) < 4.78 is 19.0. The Morgan fingerprint density at radius 3 is 2.85 bits per heavy atom. The van der Waals surface area contributed by atoms with E-state index in [1.807, 2.05) is 30.3 Å². The quantitative estimate of drug-likeness (QED) is 0.834. The van der Waals surface area contributed by atoms with Gasteiger partial charge in [-0.1, -0.05) is 30.3 Å². The highest BCUT2D eigenvalue weighted by molar-refractivity contribution is 5.38. The zero-order chi connectivity index (χ0) is 14.0. The van der Waals surface area contributed by atoms with Crippen LogP contribution in [-0.2, 0) is 12.8 Å². The first-order valence-corrected chi connectivity index (χ1v) is 6.57. The van der Waals surface area contributed by atoms with Crippen LogP contribution in [0.3, 0.4) is 0 Å². The van der Waals surface area contributed by atoms with Gasteiger partial charge in [0.25, 0.3) is 0 Å². The van der Waals surface area contributed by atoms with Crippen molar-refractivity contribution in [3.63, 3.8) is 0 Å². The van der Waals surface area contributed by atoms with Crippen LogP contribution in [0.1, 0.15) is 11.1 Å². The fraction of sp³-hybridized carbons (Fsp3) is 0.235. The number of benzene rings is 2. The molecule has 1 aliphatic heterocycles. The molecule has 1 aliphatic rings. The van der Waals surface area contributed by atoms with Crippen LogP contribution in [0, 0.1) is 22.6 Å². The minimum atomic E-state index is -0.623. The first-order valence-electron chi connectivity index (χ1n) is 6.57. The molecule has 1 heterocycles. The molecule has 2 nitrogen and oxygen atoms in total. The highest BCUT2D eigenvalue weighted by atomic mass is 19.1. The fourth-order valence-electron chi connectivity index (χ4n) is 2.68. The molecule has 0 radical (unpaired) electrons. The van der Waals surface area contributed by atoms with Crippen molar-refractivity contribution in [2.24, 2.45) is 5.41 Å². The standard InChI is InChI=1S/C17H14FNO/c18-15-6-3-4-13(8-15)9-17(11-19)10-14-5-1-2-7-16(14)20-12-17/h1-8H,9-10,12H2. The van der Waals surface area contributed by atoms with Gasteiger partial charge in [-0.2, -0.15) is 5.26 Å². The van der Waals surface area contributed by atoms with Crippen molar-refractivity contribution < 1.29 is 9.13 Å². The Kier molecular flexibility index (Phi) is 3.15. The van der Waals surface area contributed by atoms with E-state index < -0.39 is 5.41 Å². The van der Waals surface area contributed by atoms with Gasteiger partial charge < -0.3 is 4.74 Å². The number of rotatable bonds is 2.